The fourth-order valence-electron chi connectivity index (χ4n) is 3.68. The maximum Gasteiger partial charge on any atom is 0.241 e. The minimum absolute atomic E-state index is 0.0105. The number of carbonyl (C=O) groups excluding carboxylic acids is 1. The summed E-state index contributed by atoms with van der Waals surface area (Å²) in [5, 5.41) is 5.83. The van der Waals surface area contributed by atoms with Crippen molar-refractivity contribution in [2.24, 2.45) is 0 Å². The molecular weight excluding hydrogens is 334 g/mol. The highest BCUT2D eigenvalue weighted by atomic mass is 19.1. The van der Waals surface area contributed by atoms with Crippen molar-refractivity contribution in [2.45, 2.75) is 44.1 Å². The number of halogens is 2. The predicted molar refractivity (Wildman–Crippen MR) is 99.0 cm³/mol. The summed E-state index contributed by atoms with van der Waals surface area (Å²) in [6.45, 7) is 2.45. The fraction of sp³-hybridized carbons (Fsp3) is 0.381. The van der Waals surface area contributed by atoms with Crippen LogP contribution in [0.4, 0.5) is 14.5 Å². The maximum atomic E-state index is 13.7. The predicted octanol–water partition coefficient (Wildman–Crippen LogP) is 4.39. The Morgan fingerprint density at radius 3 is 2.46 bits per heavy atom. The van der Waals surface area contributed by atoms with Gasteiger partial charge < -0.3 is 10.6 Å². The van der Waals surface area contributed by atoms with Crippen LogP contribution in [0.3, 0.4) is 0 Å². The molecule has 138 valence electrons. The lowest BCUT2D eigenvalue weighted by Crippen LogP contribution is -2.45. The summed E-state index contributed by atoms with van der Waals surface area (Å²) < 4.78 is 26.7. The third-order valence-corrected chi connectivity index (χ3v) is 5.28. The summed E-state index contributed by atoms with van der Waals surface area (Å²) in [5.74, 6) is -1.78. The Bertz CT molecular complexity index is 758. The van der Waals surface area contributed by atoms with Crippen LogP contribution < -0.4 is 10.6 Å². The summed E-state index contributed by atoms with van der Waals surface area (Å²) >= 11 is 0. The van der Waals surface area contributed by atoms with E-state index in [0.29, 0.717) is 6.54 Å². The van der Waals surface area contributed by atoms with Gasteiger partial charge in [-0.05, 0) is 37.5 Å². The summed E-state index contributed by atoms with van der Waals surface area (Å²) in [5.41, 5.74) is 1.32. The molecule has 2 aromatic rings. The normalized spacial score (nSPS) is 17.0. The molecule has 0 saturated heterocycles. The molecule has 0 aromatic heterocycles. The molecule has 3 nitrogen and oxygen atoms in total. The standard InChI is InChI=1S/C21H24F2N2O/c1-15(20(26)25-19-10-9-17(22)13-18(19)23)24-14-21(11-5-6-12-21)16-7-3-2-4-8-16/h2-4,7-10,13,15,24H,5-6,11-12,14H2,1H3,(H,25,26). The van der Waals surface area contributed by atoms with Crippen LogP contribution in [-0.4, -0.2) is 18.5 Å². The minimum atomic E-state index is -0.776. The minimum Gasteiger partial charge on any atom is -0.322 e. The molecule has 0 bridgehead atoms. The van der Waals surface area contributed by atoms with E-state index >= 15 is 0 Å². The second kappa shape index (κ2) is 7.96. The lowest BCUT2D eigenvalue weighted by Gasteiger charge is -2.31. The van der Waals surface area contributed by atoms with Crippen molar-refractivity contribution in [3.05, 3.63) is 65.7 Å². The zero-order valence-corrected chi connectivity index (χ0v) is 14.9. The summed E-state index contributed by atoms with van der Waals surface area (Å²) in [7, 11) is 0. The zero-order chi connectivity index (χ0) is 18.6. The van der Waals surface area contributed by atoms with Crippen molar-refractivity contribution < 1.29 is 13.6 Å². The number of anilines is 1. The first-order chi connectivity index (χ1) is 12.5. The summed E-state index contributed by atoms with van der Waals surface area (Å²) in [6, 6.07) is 13.0. The molecule has 2 N–H and O–H groups in total. The van der Waals surface area contributed by atoms with Crippen LogP contribution in [0.25, 0.3) is 0 Å². The highest BCUT2D eigenvalue weighted by molar-refractivity contribution is 5.94. The Morgan fingerprint density at radius 2 is 1.81 bits per heavy atom. The Balaban J connectivity index is 1.63. The Labute approximate surface area is 152 Å². The number of hydrogen-bond acceptors (Lipinski definition) is 2. The molecule has 3 rings (SSSR count). The maximum absolute atomic E-state index is 13.7. The van der Waals surface area contributed by atoms with Crippen molar-refractivity contribution >= 4 is 11.6 Å². The van der Waals surface area contributed by atoms with E-state index in [1.807, 2.05) is 18.2 Å². The largest absolute Gasteiger partial charge is 0.322 e. The Kier molecular flexibility index (Phi) is 5.67. The fourth-order valence-corrected chi connectivity index (χ4v) is 3.68. The van der Waals surface area contributed by atoms with E-state index < -0.39 is 17.7 Å². The summed E-state index contributed by atoms with van der Waals surface area (Å²) in [4.78, 5) is 12.4. The first kappa shape index (κ1) is 18.5. The van der Waals surface area contributed by atoms with Gasteiger partial charge in [-0.3, -0.25) is 4.79 Å². The van der Waals surface area contributed by atoms with Gasteiger partial charge in [-0.1, -0.05) is 43.2 Å². The number of hydrogen-bond donors (Lipinski definition) is 2. The van der Waals surface area contributed by atoms with E-state index in [9.17, 15) is 13.6 Å². The van der Waals surface area contributed by atoms with Crippen LogP contribution in [0.2, 0.25) is 0 Å². The average molecular weight is 358 g/mol. The number of amides is 1. The molecule has 1 aliphatic rings. The van der Waals surface area contributed by atoms with Gasteiger partial charge in [-0.2, -0.15) is 0 Å². The molecule has 26 heavy (non-hydrogen) atoms. The molecule has 1 aliphatic carbocycles. The number of nitrogens with one attached hydrogen (secondary N) is 2. The number of carbonyl (C=O) groups is 1. The van der Waals surface area contributed by atoms with Gasteiger partial charge in [0, 0.05) is 18.0 Å². The van der Waals surface area contributed by atoms with E-state index in [-0.39, 0.29) is 17.0 Å². The Hall–Kier alpha value is -2.27. The van der Waals surface area contributed by atoms with Crippen LogP contribution in [0.5, 0.6) is 0 Å². The molecule has 1 unspecified atom stereocenters. The molecular formula is C21H24F2N2O. The van der Waals surface area contributed by atoms with Gasteiger partial charge in [0.25, 0.3) is 0 Å². The topological polar surface area (TPSA) is 41.1 Å². The molecule has 1 amide bonds. The molecule has 2 aromatic carbocycles. The van der Waals surface area contributed by atoms with Gasteiger partial charge in [0.2, 0.25) is 5.91 Å². The summed E-state index contributed by atoms with van der Waals surface area (Å²) in [6.07, 6.45) is 4.53. The quantitative estimate of drug-likeness (QED) is 0.804. The van der Waals surface area contributed by atoms with Gasteiger partial charge in [0.15, 0.2) is 0 Å². The van der Waals surface area contributed by atoms with Crippen LogP contribution in [0.1, 0.15) is 38.2 Å². The van der Waals surface area contributed by atoms with E-state index in [2.05, 4.69) is 22.8 Å². The molecule has 0 aliphatic heterocycles. The molecule has 0 radical (unpaired) electrons. The second-order valence-corrected chi connectivity index (χ2v) is 7.07. The van der Waals surface area contributed by atoms with E-state index in [1.165, 1.54) is 24.5 Å². The Morgan fingerprint density at radius 1 is 1.12 bits per heavy atom. The molecule has 0 spiro atoms. The first-order valence-corrected chi connectivity index (χ1v) is 9.05. The van der Waals surface area contributed by atoms with Crippen molar-refractivity contribution in [1.29, 1.82) is 0 Å². The highest BCUT2D eigenvalue weighted by Crippen LogP contribution is 2.40. The first-order valence-electron chi connectivity index (χ1n) is 9.05. The van der Waals surface area contributed by atoms with Gasteiger partial charge in [-0.15, -0.1) is 0 Å². The van der Waals surface area contributed by atoms with E-state index in [1.54, 1.807) is 6.92 Å². The number of rotatable bonds is 6. The second-order valence-electron chi connectivity index (χ2n) is 7.07. The van der Waals surface area contributed by atoms with Crippen molar-refractivity contribution in [3.8, 4) is 0 Å². The average Bonchev–Trinajstić information content (AvgIpc) is 3.13. The van der Waals surface area contributed by atoms with Crippen LogP contribution in [-0.2, 0) is 10.2 Å². The number of benzene rings is 2. The van der Waals surface area contributed by atoms with E-state index in [4.69, 9.17) is 0 Å². The molecule has 5 heteroatoms. The third-order valence-electron chi connectivity index (χ3n) is 5.28. The SMILES string of the molecule is CC(NCC1(c2ccccc2)CCCC1)C(=O)Nc1ccc(F)cc1F. The van der Waals surface area contributed by atoms with Gasteiger partial charge in [0.05, 0.1) is 11.7 Å². The van der Waals surface area contributed by atoms with Crippen molar-refractivity contribution in [2.75, 3.05) is 11.9 Å². The molecule has 1 saturated carbocycles. The van der Waals surface area contributed by atoms with Crippen LogP contribution >= 0.6 is 0 Å². The zero-order valence-electron chi connectivity index (χ0n) is 14.9. The van der Waals surface area contributed by atoms with Crippen molar-refractivity contribution in [3.63, 3.8) is 0 Å². The molecule has 0 heterocycles. The van der Waals surface area contributed by atoms with Crippen LogP contribution in [0, 0.1) is 11.6 Å². The smallest absolute Gasteiger partial charge is 0.241 e. The molecule has 1 atom stereocenters. The monoisotopic (exact) mass is 358 g/mol. The van der Waals surface area contributed by atoms with Gasteiger partial charge in [-0.25, -0.2) is 8.78 Å². The van der Waals surface area contributed by atoms with Gasteiger partial charge >= 0.3 is 0 Å². The highest BCUT2D eigenvalue weighted by Gasteiger charge is 2.35. The van der Waals surface area contributed by atoms with Gasteiger partial charge in [0.1, 0.15) is 11.6 Å². The van der Waals surface area contributed by atoms with Crippen molar-refractivity contribution in [1.82, 2.24) is 5.32 Å². The third kappa shape index (κ3) is 4.10. The van der Waals surface area contributed by atoms with E-state index in [0.717, 1.165) is 25.0 Å². The lowest BCUT2D eigenvalue weighted by molar-refractivity contribution is -0.117. The lowest BCUT2D eigenvalue weighted by atomic mass is 9.78. The molecule has 1 fully saturated rings. The van der Waals surface area contributed by atoms with Crippen LogP contribution in [0.15, 0.2) is 48.5 Å².